The van der Waals surface area contributed by atoms with Gasteiger partial charge in [0, 0.05) is 38.1 Å². The molecule has 2 heterocycles. The number of aliphatic hydroxyl groups excluding tert-OH is 1. The molecule has 2 atom stereocenters. The summed E-state index contributed by atoms with van der Waals surface area (Å²) in [5, 5.41) is 9.43. The van der Waals surface area contributed by atoms with Crippen LogP contribution in [0.4, 0.5) is 0 Å². The summed E-state index contributed by atoms with van der Waals surface area (Å²) in [4.78, 5) is 34.3. The second-order valence-electron chi connectivity index (χ2n) is 5.72. The van der Waals surface area contributed by atoms with E-state index in [2.05, 4.69) is 14.9 Å². The monoisotopic (exact) mass is 294 g/mol. The van der Waals surface area contributed by atoms with Crippen molar-refractivity contribution in [2.24, 2.45) is 5.92 Å². The first-order valence-electron chi connectivity index (χ1n) is 7.13. The van der Waals surface area contributed by atoms with Gasteiger partial charge in [-0.3, -0.25) is 9.59 Å². The molecular weight excluding hydrogens is 272 g/mol. The molecule has 1 aromatic rings. The lowest BCUT2D eigenvalue weighted by atomic mass is 10.0. The second-order valence-corrected chi connectivity index (χ2v) is 5.72. The summed E-state index contributed by atoms with van der Waals surface area (Å²) >= 11 is 0. The summed E-state index contributed by atoms with van der Waals surface area (Å²) in [5.74, 6) is -0.328. The molecule has 0 aliphatic carbocycles. The lowest BCUT2D eigenvalue weighted by Gasteiger charge is -2.28. The van der Waals surface area contributed by atoms with Gasteiger partial charge in [0.1, 0.15) is 0 Å². The Morgan fingerprint density at radius 1 is 1.48 bits per heavy atom. The van der Waals surface area contributed by atoms with Crippen molar-refractivity contribution in [1.82, 2.24) is 19.8 Å². The molecule has 7 heteroatoms. The van der Waals surface area contributed by atoms with Crippen LogP contribution in [0.15, 0.2) is 17.2 Å². The molecule has 2 rings (SSSR count). The summed E-state index contributed by atoms with van der Waals surface area (Å²) < 4.78 is 0. The number of aliphatic hydroxyl groups is 1. The van der Waals surface area contributed by atoms with E-state index in [0.29, 0.717) is 13.1 Å². The minimum absolute atomic E-state index is 0.0432. The van der Waals surface area contributed by atoms with Gasteiger partial charge in [0.25, 0.3) is 11.5 Å². The Hall–Kier alpha value is -1.73. The molecule has 1 saturated heterocycles. The molecule has 0 aromatic carbocycles. The molecule has 1 aromatic heterocycles. The van der Waals surface area contributed by atoms with Crippen LogP contribution in [-0.4, -0.2) is 70.6 Å². The van der Waals surface area contributed by atoms with Gasteiger partial charge >= 0.3 is 0 Å². The number of likely N-dealkylation sites (N-methyl/N-ethyl adjacent to an activating group) is 1. The molecule has 2 N–H and O–H groups in total. The van der Waals surface area contributed by atoms with Crippen molar-refractivity contribution in [3.05, 3.63) is 28.4 Å². The van der Waals surface area contributed by atoms with Crippen LogP contribution in [0.25, 0.3) is 0 Å². The molecule has 21 heavy (non-hydrogen) atoms. The quantitative estimate of drug-likeness (QED) is 0.788. The van der Waals surface area contributed by atoms with E-state index in [4.69, 9.17) is 0 Å². The molecular formula is C14H22N4O3. The number of carbonyl (C=O) groups excluding carboxylic acids is 1. The normalized spacial score (nSPS) is 23.1. The maximum absolute atomic E-state index is 12.5. The maximum Gasteiger partial charge on any atom is 0.279 e. The van der Waals surface area contributed by atoms with Gasteiger partial charge < -0.3 is 19.9 Å². The van der Waals surface area contributed by atoms with E-state index in [1.165, 1.54) is 12.4 Å². The Balaban J connectivity index is 2.24. The van der Waals surface area contributed by atoms with E-state index in [-0.39, 0.29) is 30.2 Å². The average Bonchev–Trinajstić information content (AvgIpc) is 2.69. The SMILES string of the molecule is CN(C)[C@@H]1CC[C@H](CO)CN(C(=O)c2ncc[nH]c2=O)C1. The van der Waals surface area contributed by atoms with Gasteiger partial charge in [0.05, 0.1) is 0 Å². The van der Waals surface area contributed by atoms with E-state index < -0.39 is 5.56 Å². The molecule has 0 spiro atoms. The molecule has 1 aliphatic heterocycles. The summed E-state index contributed by atoms with van der Waals surface area (Å²) in [7, 11) is 3.94. The van der Waals surface area contributed by atoms with Gasteiger partial charge in [-0.05, 0) is 32.9 Å². The smallest absolute Gasteiger partial charge is 0.279 e. The zero-order valence-electron chi connectivity index (χ0n) is 12.5. The Morgan fingerprint density at radius 3 is 2.86 bits per heavy atom. The van der Waals surface area contributed by atoms with Crippen LogP contribution in [0.5, 0.6) is 0 Å². The first-order chi connectivity index (χ1) is 10.0. The minimum Gasteiger partial charge on any atom is -0.396 e. The summed E-state index contributed by atoms with van der Waals surface area (Å²) in [6.07, 6.45) is 4.59. The number of likely N-dealkylation sites (tertiary alicyclic amines) is 1. The number of hydrogen-bond donors (Lipinski definition) is 2. The molecule has 7 nitrogen and oxygen atoms in total. The van der Waals surface area contributed by atoms with E-state index >= 15 is 0 Å². The number of rotatable bonds is 3. The molecule has 0 unspecified atom stereocenters. The van der Waals surface area contributed by atoms with E-state index in [1.54, 1.807) is 4.90 Å². The van der Waals surface area contributed by atoms with Crippen molar-refractivity contribution in [3.8, 4) is 0 Å². The van der Waals surface area contributed by atoms with E-state index in [0.717, 1.165) is 12.8 Å². The largest absolute Gasteiger partial charge is 0.396 e. The number of carbonyl (C=O) groups is 1. The maximum atomic E-state index is 12.5. The van der Waals surface area contributed by atoms with Crippen molar-refractivity contribution in [3.63, 3.8) is 0 Å². The molecule has 1 amide bonds. The Labute approximate surface area is 123 Å². The summed E-state index contributed by atoms with van der Waals surface area (Å²) in [5.41, 5.74) is -0.567. The Bertz CT molecular complexity index is 543. The van der Waals surface area contributed by atoms with Crippen LogP contribution in [0, 0.1) is 5.92 Å². The summed E-state index contributed by atoms with van der Waals surface area (Å²) in [6.45, 7) is 1.04. The number of amides is 1. The highest BCUT2D eigenvalue weighted by molar-refractivity contribution is 5.91. The van der Waals surface area contributed by atoms with Crippen molar-refractivity contribution < 1.29 is 9.90 Å². The highest BCUT2D eigenvalue weighted by Crippen LogP contribution is 2.19. The van der Waals surface area contributed by atoms with Crippen LogP contribution in [-0.2, 0) is 0 Å². The second kappa shape index (κ2) is 6.82. The van der Waals surface area contributed by atoms with Crippen molar-refractivity contribution >= 4 is 5.91 Å². The fourth-order valence-corrected chi connectivity index (χ4v) is 2.64. The van der Waals surface area contributed by atoms with Gasteiger partial charge in [-0.1, -0.05) is 0 Å². The van der Waals surface area contributed by atoms with Crippen molar-refractivity contribution in [2.75, 3.05) is 33.8 Å². The molecule has 0 bridgehead atoms. The molecule has 0 radical (unpaired) electrons. The Morgan fingerprint density at radius 2 is 2.24 bits per heavy atom. The van der Waals surface area contributed by atoms with Crippen LogP contribution < -0.4 is 5.56 Å². The molecule has 1 aliphatic rings. The topological polar surface area (TPSA) is 89.5 Å². The van der Waals surface area contributed by atoms with Crippen LogP contribution in [0.1, 0.15) is 23.3 Å². The third-order valence-electron chi connectivity index (χ3n) is 4.00. The van der Waals surface area contributed by atoms with Crippen molar-refractivity contribution in [2.45, 2.75) is 18.9 Å². The number of H-pyrrole nitrogens is 1. The number of hydrogen-bond acceptors (Lipinski definition) is 5. The van der Waals surface area contributed by atoms with Gasteiger partial charge in [0.15, 0.2) is 5.69 Å². The number of aromatic nitrogens is 2. The fourth-order valence-electron chi connectivity index (χ4n) is 2.64. The van der Waals surface area contributed by atoms with E-state index in [1.807, 2.05) is 14.1 Å². The zero-order chi connectivity index (χ0) is 15.4. The van der Waals surface area contributed by atoms with Crippen LogP contribution in [0.2, 0.25) is 0 Å². The molecule has 1 fully saturated rings. The molecule has 116 valence electrons. The standard InChI is InChI=1S/C14H22N4O3/c1-17(2)11-4-3-10(9-19)7-18(8-11)14(21)12-13(20)16-6-5-15-12/h5-6,10-11,19H,3-4,7-9H2,1-2H3,(H,16,20)/t10-,11+/m0/s1. The highest BCUT2D eigenvalue weighted by Gasteiger charge is 2.29. The minimum atomic E-state index is -0.478. The molecule has 0 saturated carbocycles. The first-order valence-corrected chi connectivity index (χ1v) is 7.13. The first kappa shape index (κ1) is 15.7. The highest BCUT2D eigenvalue weighted by atomic mass is 16.3. The number of nitrogens with one attached hydrogen (secondary N) is 1. The van der Waals surface area contributed by atoms with E-state index in [9.17, 15) is 14.7 Å². The summed E-state index contributed by atoms with van der Waals surface area (Å²) in [6, 6.07) is 0.216. The number of nitrogens with zero attached hydrogens (tertiary/aromatic N) is 3. The predicted octanol–water partition coefficient (Wildman–Crippen LogP) is -0.455. The number of aromatic amines is 1. The average molecular weight is 294 g/mol. The van der Waals surface area contributed by atoms with Crippen LogP contribution in [0.3, 0.4) is 0 Å². The van der Waals surface area contributed by atoms with Gasteiger partial charge in [-0.15, -0.1) is 0 Å². The lowest BCUT2D eigenvalue weighted by Crippen LogP contribution is -2.44. The third-order valence-corrected chi connectivity index (χ3v) is 4.00. The van der Waals surface area contributed by atoms with Gasteiger partial charge in [0.2, 0.25) is 0 Å². The van der Waals surface area contributed by atoms with Crippen molar-refractivity contribution in [1.29, 1.82) is 0 Å². The third kappa shape index (κ3) is 3.68. The zero-order valence-corrected chi connectivity index (χ0v) is 12.5. The van der Waals surface area contributed by atoms with Gasteiger partial charge in [-0.2, -0.15) is 0 Å². The lowest BCUT2D eigenvalue weighted by molar-refractivity contribution is 0.0681. The fraction of sp³-hybridized carbons (Fsp3) is 0.643. The van der Waals surface area contributed by atoms with Gasteiger partial charge in [-0.25, -0.2) is 4.98 Å². The Kier molecular flexibility index (Phi) is 5.08. The van der Waals surface area contributed by atoms with Crippen LogP contribution >= 0.6 is 0 Å². The predicted molar refractivity (Wildman–Crippen MR) is 78.0 cm³/mol.